The lowest BCUT2D eigenvalue weighted by molar-refractivity contribution is 0.0173. The molecule has 1 aromatic heterocycles. The first-order chi connectivity index (χ1) is 11.1. The second-order valence-electron chi connectivity index (χ2n) is 7.04. The Morgan fingerprint density at radius 1 is 1.04 bits per heavy atom. The van der Waals surface area contributed by atoms with Gasteiger partial charge in [-0.05, 0) is 53.7 Å². The maximum atomic E-state index is 12.8. The molecule has 0 spiro atoms. The third-order valence-electron chi connectivity index (χ3n) is 2.32. The van der Waals surface area contributed by atoms with Gasteiger partial charge in [0.2, 0.25) is 0 Å². The molecule has 0 unspecified atom stereocenters. The SMILES string of the molecule is CC(C)(C)OC(=O)N(C(=O)OC(C)(C)C)S(=O)(=O)c1cc(Br)ccn1. The quantitative estimate of drug-likeness (QED) is 0.695. The lowest BCUT2D eigenvalue weighted by Gasteiger charge is -2.27. The van der Waals surface area contributed by atoms with Crippen molar-refractivity contribution >= 4 is 38.1 Å². The summed E-state index contributed by atoms with van der Waals surface area (Å²) in [5.74, 6) is 0. The molecule has 10 heteroatoms. The summed E-state index contributed by atoms with van der Waals surface area (Å²) in [4.78, 5) is 28.5. The van der Waals surface area contributed by atoms with Gasteiger partial charge in [0.25, 0.3) is 10.0 Å². The van der Waals surface area contributed by atoms with Crippen LogP contribution in [0.1, 0.15) is 41.5 Å². The van der Waals surface area contributed by atoms with Gasteiger partial charge in [0.15, 0.2) is 5.03 Å². The van der Waals surface area contributed by atoms with E-state index < -0.39 is 38.4 Å². The fraction of sp³-hybridized carbons (Fsp3) is 0.533. The molecule has 1 rings (SSSR count). The van der Waals surface area contributed by atoms with E-state index in [9.17, 15) is 18.0 Å². The number of ether oxygens (including phenoxy) is 2. The van der Waals surface area contributed by atoms with Crippen molar-refractivity contribution in [3.05, 3.63) is 22.8 Å². The van der Waals surface area contributed by atoms with Gasteiger partial charge in [-0.3, -0.25) is 0 Å². The zero-order valence-corrected chi connectivity index (χ0v) is 17.3. The predicted molar refractivity (Wildman–Crippen MR) is 93.4 cm³/mol. The largest absolute Gasteiger partial charge is 0.443 e. The van der Waals surface area contributed by atoms with Gasteiger partial charge in [-0.25, -0.2) is 14.6 Å². The number of hydrogen-bond donors (Lipinski definition) is 0. The summed E-state index contributed by atoms with van der Waals surface area (Å²) < 4.78 is 36.0. The number of carbonyl (C=O) groups excluding carboxylic acids is 2. The average molecular weight is 437 g/mol. The highest BCUT2D eigenvalue weighted by Gasteiger charge is 2.42. The highest BCUT2D eigenvalue weighted by molar-refractivity contribution is 9.10. The Bertz CT molecular complexity index is 737. The van der Waals surface area contributed by atoms with E-state index in [1.165, 1.54) is 12.3 Å². The van der Waals surface area contributed by atoms with Gasteiger partial charge in [0.05, 0.1) is 0 Å². The number of nitrogens with zero attached hydrogens (tertiary/aromatic N) is 2. The van der Waals surface area contributed by atoms with Crippen LogP contribution in [0.5, 0.6) is 0 Å². The normalized spacial score (nSPS) is 12.4. The van der Waals surface area contributed by atoms with E-state index in [-0.39, 0.29) is 4.31 Å². The molecule has 1 heterocycles. The molecule has 0 radical (unpaired) electrons. The lowest BCUT2D eigenvalue weighted by atomic mass is 10.2. The summed E-state index contributed by atoms with van der Waals surface area (Å²) >= 11 is 3.12. The number of pyridine rings is 1. The average Bonchev–Trinajstić information content (AvgIpc) is 2.33. The summed E-state index contributed by atoms with van der Waals surface area (Å²) in [6, 6.07) is 2.67. The van der Waals surface area contributed by atoms with E-state index in [0.29, 0.717) is 4.47 Å². The molecular weight excluding hydrogens is 416 g/mol. The zero-order valence-electron chi connectivity index (χ0n) is 14.9. The lowest BCUT2D eigenvalue weighted by Crippen LogP contribution is -2.47. The van der Waals surface area contributed by atoms with Crippen LogP contribution in [0.25, 0.3) is 0 Å². The minimum atomic E-state index is -4.62. The van der Waals surface area contributed by atoms with Gasteiger partial charge in [-0.1, -0.05) is 20.2 Å². The van der Waals surface area contributed by atoms with Gasteiger partial charge in [0.1, 0.15) is 11.2 Å². The molecule has 0 fully saturated rings. The van der Waals surface area contributed by atoms with E-state index in [0.717, 1.165) is 6.07 Å². The Kier molecular flexibility index (Phi) is 6.22. The smallest absolute Gasteiger partial charge is 0.434 e. The predicted octanol–water partition coefficient (Wildman–Crippen LogP) is 3.71. The fourth-order valence-electron chi connectivity index (χ4n) is 1.50. The zero-order chi connectivity index (χ0) is 19.6. The Hall–Kier alpha value is -1.68. The number of sulfonamides is 1. The molecule has 0 saturated heterocycles. The second kappa shape index (κ2) is 7.28. The van der Waals surface area contributed by atoms with Crippen molar-refractivity contribution in [3.63, 3.8) is 0 Å². The van der Waals surface area contributed by atoms with Crippen molar-refractivity contribution in [2.75, 3.05) is 0 Å². The minimum absolute atomic E-state index is 0.0573. The van der Waals surface area contributed by atoms with Crippen molar-refractivity contribution in [1.82, 2.24) is 9.29 Å². The first-order valence-corrected chi connectivity index (χ1v) is 9.50. The van der Waals surface area contributed by atoms with Crippen molar-refractivity contribution in [2.24, 2.45) is 0 Å². The van der Waals surface area contributed by atoms with E-state index in [1.54, 1.807) is 41.5 Å². The molecule has 0 N–H and O–H groups in total. The topological polar surface area (TPSA) is 103 Å². The van der Waals surface area contributed by atoms with Crippen LogP contribution in [0, 0.1) is 0 Å². The van der Waals surface area contributed by atoms with Crippen LogP contribution in [-0.2, 0) is 19.5 Å². The van der Waals surface area contributed by atoms with Gasteiger partial charge in [-0.2, -0.15) is 8.42 Å². The minimum Gasteiger partial charge on any atom is -0.443 e. The third-order valence-corrected chi connectivity index (χ3v) is 4.34. The van der Waals surface area contributed by atoms with Crippen LogP contribution in [-0.4, -0.2) is 41.1 Å². The fourth-order valence-corrected chi connectivity index (χ4v) is 3.11. The van der Waals surface area contributed by atoms with Crippen LogP contribution in [0.4, 0.5) is 9.59 Å². The molecule has 0 aliphatic rings. The summed E-state index contributed by atoms with van der Waals surface area (Å²) in [6.45, 7) is 9.26. The van der Waals surface area contributed by atoms with E-state index in [4.69, 9.17) is 9.47 Å². The Morgan fingerprint density at radius 3 is 1.84 bits per heavy atom. The molecule has 0 bridgehead atoms. The maximum absolute atomic E-state index is 12.8. The third kappa shape index (κ3) is 6.28. The van der Waals surface area contributed by atoms with E-state index >= 15 is 0 Å². The van der Waals surface area contributed by atoms with Crippen LogP contribution in [0.15, 0.2) is 27.8 Å². The van der Waals surface area contributed by atoms with E-state index in [2.05, 4.69) is 20.9 Å². The van der Waals surface area contributed by atoms with Crippen molar-refractivity contribution in [1.29, 1.82) is 0 Å². The molecule has 25 heavy (non-hydrogen) atoms. The molecule has 1 aromatic rings. The van der Waals surface area contributed by atoms with Crippen molar-refractivity contribution < 1.29 is 27.5 Å². The molecule has 0 saturated carbocycles. The standard InChI is InChI=1S/C15H21BrN2O6S/c1-14(2,3)23-12(19)18(13(20)24-15(4,5)6)25(21,22)11-9-10(16)7-8-17-11/h7-9H,1-6H3. The highest BCUT2D eigenvalue weighted by atomic mass is 79.9. The molecule has 0 aromatic carbocycles. The monoisotopic (exact) mass is 436 g/mol. The number of halogens is 1. The van der Waals surface area contributed by atoms with Gasteiger partial charge < -0.3 is 9.47 Å². The molecular formula is C15H21BrN2O6S. The van der Waals surface area contributed by atoms with Crippen LogP contribution in [0.3, 0.4) is 0 Å². The summed E-state index contributed by atoms with van der Waals surface area (Å²) in [5, 5.41) is -0.501. The first kappa shape index (κ1) is 21.4. The molecule has 0 aliphatic heterocycles. The Morgan fingerprint density at radius 2 is 1.48 bits per heavy atom. The molecule has 0 atom stereocenters. The molecule has 2 amide bonds. The van der Waals surface area contributed by atoms with E-state index in [1.807, 2.05) is 0 Å². The van der Waals surface area contributed by atoms with Gasteiger partial charge in [-0.15, -0.1) is 0 Å². The second-order valence-corrected chi connectivity index (χ2v) is 9.69. The highest BCUT2D eigenvalue weighted by Crippen LogP contribution is 2.23. The Balaban J connectivity index is 3.39. The molecule has 140 valence electrons. The number of imide groups is 1. The number of amides is 2. The summed E-state index contributed by atoms with van der Waals surface area (Å²) in [7, 11) is -4.62. The molecule has 8 nitrogen and oxygen atoms in total. The number of aromatic nitrogens is 1. The first-order valence-electron chi connectivity index (χ1n) is 7.26. The number of rotatable bonds is 2. The van der Waals surface area contributed by atoms with Crippen LogP contribution in [0.2, 0.25) is 0 Å². The van der Waals surface area contributed by atoms with Crippen LogP contribution >= 0.6 is 15.9 Å². The molecule has 0 aliphatic carbocycles. The van der Waals surface area contributed by atoms with Crippen LogP contribution < -0.4 is 0 Å². The summed E-state index contributed by atoms with van der Waals surface area (Å²) in [5.41, 5.74) is -2.03. The summed E-state index contributed by atoms with van der Waals surface area (Å²) in [6.07, 6.45) is -1.52. The number of carbonyl (C=O) groups is 2. The maximum Gasteiger partial charge on any atom is 0.434 e. The Labute approximate surface area is 155 Å². The van der Waals surface area contributed by atoms with Crippen molar-refractivity contribution in [3.8, 4) is 0 Å². The van der Waals surface area contributed by atoms with Gasteiger partial charge >= 0.3 is 12.2 Å². The van der Waals surface area contributed by atoms with Crippen molar-refractivity contribution in [2.45, 2.75) is 57.8 Å². The number of hydrogen-bond acceptors (Lipinski definition) is 7. The van der Waals surface area contributed by atoms with Gasteiger partial charge in [0, 0.05) is 10.7 Å².